The molecule has 0 aromatic heterocycles. The van der Waals surface area contributed by atoms with Crippen molar-refractivity contribution < 1.29 is 19.1 Å². The third kappa shape index (κ3) is 3.49. The summed E-state index contributed by atoms with van der Waals surface area (Å²) in [6, 6.07) is 5.22. The van der Waals surface area contributed by atoms with Crippen molar-refractivity contribution in [2.24, 2.45) is 0 Å². The van der Waals surface area contributed by atoms with Gasteiger partial charge in [0, 0.05) is 40.3 Å². The molecule has 0 saturated carbocycles. The molecule has 2 rings (SSSR count). The van der Waals surface area contributed by atoms with Crippen molar-refractivity contribution in [2.45, 2.75) is 0 Å². The SMILES string of the molecule is COc1cccc(OC)c1C(=O)N1CCN(C(=O)N(C)C)CC1. The number of hydrogen-bond donors (Lipinski definition) is 0. The van der Waals surface area contributed by atoms with Gasteiger partial charge in [0.1, 0.15) is 17.1 Å². The Morgan fingerprint density at radius 3 is 1.87 bits per heavy atom. The Morgan fingerprint density at radius 2 is 1.43 bits per heavy atom. The third-order valence-electron chi connectivity index (χ3n) is 3.86. The molecule has 1 aliphatic rings. The summed E-state index contributed by atoms with van der Waals surface area (Å²) < 4.78 is 10.6. The zero-order valence-electron chi connectivity index (χ0n) is 14.0. The van der Waals surface area contributed by atoms with Crippen molar-refractivity contribution in [3.8, 4) is 11.5 Å². The second-order valence-corrected chi connectivity index (χ2v) is 5.49. The van der Waals surface area contributed by atoms with Crippen molar-refractivity contribution in [3.63, 3.8) is 0 Å². The fourth-order valence-corrected chi connectivity index (χ4v) is 2.60. The number of carbonyl (C=O) groups excluding carboxylic acids is 2. The van der Waals surface area contributed by atoms with Crippen LogP contribution >= 0.6 is 0 Å². The molecular weight excluding hydrogens is 298 g/mol. The van der Waals surface area contributed by atoms with E-state index >= 15 is 0 Å². The van der Waals surface area contributed by atoms with Crippen LogP contribution in [0.3, 0.4) is 0 Å². The van der Waals surface area contributed by atoms with Gasteiger partial charge < -0.3 is 24.2 Å². The van der Waals surface area contributed by atoms with Crippen LogP contribution in [-0.2, 0) is 0 Å². The number of carbonyl (C=O) groups is 2. The van der Waals surface area contributed by atoms with Gasteiger partial charge in [0.25, 0.3) is 5.91 Å². The first-order valence-electron chi connectivity index (χ1n) is 7.46. The highest BCUT2D eigenvalue weighted by atomic mass is 16.5. The van der Waals surface area contributed by atoms with E-state index in [4.69, 9.17) is 9.47 Å². The van der Waals surface area contributed by atoms with E-state index in [9.17, 15) is 9.59 Å². The maximum absolute atomic E-state index is 12.8. The molecule has 1 aromatic rings. The van der Waals surface area contributed by atoms with Crippen LogP contribution in [0.2, 0.25) is 0 Å². The summed E-state index contributed by atoms with van der Waals surface area (Å²) in [6.07, 6.45) is 0. The summed E-state index contributed by atoms with van der Waals surface area (Å²) in [5, 5.41) is 0. The highest BCUT2D eigenvalue weighted by molar-refractivity contribution is 5.99. The first kappa shape index (κ1) is 16.9. The van der Waals surface area contributed by atoms with Gasteiger partial charge in [0.2, 0.25) is 0 Å². The lowest BCUT2D eigenvalue weighted by atomic mass is 10.1. The second-order valence-electron chi connectivity index (χ2n) is 5.49. The number of amides is 3. The van der Waals surface area contributed by atoms with E-state index in [0.717, 1.165) is 0 Å². The average molecular weight is 321 g/mol. The van der Waals surface area contributed by atoms with Gasteiger partial charge >= 0.3 is 6.03 Å². The monoisotopic (exact) mass is 321 g/mol. The molecule has 0 atom stereocenters. The first-order chi connectivity index (χ1) is 11.0. The standard InChI is InChI=1S/C16H23N3O4/c1-17(2)16(21)19-10-8-18(9-11-19)15(20)14-12(22-3)6-5-7-13(14)23-4/h5-7H,8-11H2,1-4H3. The van der Waals surface area contributed by atoms with Crippen LogP contribution in [0.4, 0.5) is 4.79 Å². The van der Waals surface area contributed by atoms with Crippen LogP contribution in [-0.4, -0.2) is 81.1 Å². The quantitative estimate of drug-likeness (QED) is 0.838. The molecule has 7 heteroatoms. The van der Waals surface area contributed by atoms with Crippen molar-refractivity contribution >= 4 is 11.9 Å². The summed E-state index contributed by atoms with van der Waals surface area (Å²) in [7, 11) is 6.50. The predicted molar refractivity (Wildman–Crippen MR) is 86.1 cm³/mol. The molecular formula is C16H23N3O4. The highest BCUT2D eigenvalue weighted by Crippen LogP contribution is 2.29. The molecule has 0 aliphatic carbocycles. The molecule has 0 unspecified atom stereocenters. The van der Waals surface area contributed by atoms with Crippen molar-refractivity contribution in [3.05, 3.63) is 23.8 Å². The van der Waals surface area contributed by atoms with Crippen LogP contribution in [0.15, 0.2) is 18.2 Å². The molecule has 0 N–H and O–H groups in total. The molecule has 0 bridgehead atoms. The first-order valence-corrected chi connectivity index (χ1v) is 7.46. The maximum Gasteiger partial charge on any atom is 0.319 e. The second kappa shape index (κ2) is 7.21. The molecule has 1 aromatic carbocycles. The van der Waals surface area contributed by atoms with Crippen molar-refractivity contribution in [2.75, 3.05) is 54.5 Å². The molecule has 1 fully saturated rings. The summed E-state index contributed by atoms with van der Waals surface area (Å²) in [5.41, 5.74) is 0.421. The molecule has 126 valence electrons. The van der Waals surface area contributed by atoms with E-state index in [1.807, 2.05) is 0 Å². The Kier molecular flexibility index (Phi) is 5.31. The summed E-state index contributed by atoms with van der Waals surface area (Å²) in [5.74, 6) is 0.832. The Bertz CT molecular complexity index is 558. The number of rotatable bonds is 3. The molecule has 7 nitrogen and oxygen atoms in total. The molecule has 1 aliphatic heterocycles. The van der Waals surface area contributed by atoms with E-state index in [0.29, 0.717) is 43.2 Å². The summed E-state index contributed by atoms with van der Waals surface area (Å²) in [4.78, 5) is 29.8. The van der Waals surface area contributed by atoms with Gasteiger partial charge in [0.15, 0.2) is 0 Å². The van der Waals surface area contributed by atoms with Crippen molar-refractivity contribution in [1.82, 2.24) is 14.7 Å². The summed E-state index contributed by atoms with van der Waals surface area (Å²) >= 11 is 0. The van der Waals surface area contributed by atoms with Gasteiger partial charge in [-0.05, 0) is 12.1 Å². The number of hydrogen-bond acceptors (Lipinski definition) is 4. The highest BCUT2D eigenvalue weighted by Gasteiger charge is 2.28. The number of ether oxygens (including phenoxy) is 2. The summed E-state index contributed by atoms with van der Waals surface area (Å²) in [6.45, 7) is 2.00. The maximum atomic E-state index is 12.8. The Balaban J connectivity index is 2.13. The van der Waals surface area contributed by atoms with E-state index in [2.05, 4.69) is 0 Å². The topological polar surface area (TPSA) is 62.3 Å². The normalized spacial score (nSPS) is 14.4. The lowest BCUT2D eigenvalue weighted by molar-refractivity contribution is 0.0643. The number of nitrogens with zero attached hydrogens (tertiary/aromatic N) is 3. The van der Waals surface area contributed by atoms with E-state index in [1.165, 1.54) is 14.2 Å². The molecule has 23 heavy (non-hydrogen) atoms. The van der Waals surface area contributed by atoms with Crippen LogP contribution in [0, 0.1) is 0 Å². The van der Waals surface area contributed by atoms with Gasteiger partial charge in [-0.25, -0.2) is 4.79 Å². The van der Waals surface area contributed by atoms with Gasteiger partial charge in [-0.15, -0.1) is 0 Å². The number of piperazine rings is 1. The lowest BCUT2D eigenvalue weighted by Crippen LogP contribution is -2.52. The molecule has 1 saturated heterocycles. The largest absolute Gasteiger partial charge is 0.496 e. The van der Waals surface area contributed by atoms with Gasteiger partial charge in [-0.3, -0.25) is 4.79 Å². The number of methoxy groups -OCH3 is 2. The fraction of sp³-hybridized carbons (Fsp3) is 0.500. The van der Waals surface area contributed by atoms with Crippen LogP contribution < -0.4 is 9.47 Å². The van der Waals surface area contributed by atoms with Crippen LogP contribution in [0.1, 0.15) is 10.4 Å². The molecule has 0 spiro atoms. The minimum Gasteiger partial charge on any atom is -0.496 e. The van der Waals surface area contributed by atoms with E-state index in [1.54, 1.807) is 47.0 Å². The van der Waals surface area contributed by atoms with Gasteiger partial charge in [0.05, 0.1) is 14.2 Å². The fourth-order valence-electron chi connectivity index (χ4n) is 2.60. The zero-order chi connectivity index (χ0) is 17.0. The third-order valence-corrected chi connectivity index (χ3v) is 3.86. The zero-order valence-corrected chi connectivity index (χ0v) is 14.0. The number of urea groups is 1. The minimum absolute atomic E-state index is 0.0352. The molecule has 0 radical (unpaired) electrons. The van der Waals surface area contributed by atoms with E-state index in [-0.39, 0.29) is 11.9 Å². The minimum atomic E-state index is -0.142. The smallest absolute Gasteiger partial charge is 0.319 e. The van der Waals surface area contributed by atoms with Crippen molar-refractivity contribution in [1.29, 1.82) is 0 Å². The van der Waals surface area contributed by atoms with Gasteiger partial charge in [-0.2, -0.15) is 0 Å². The van der Waals surface area contributed by atoms with E-state index < -0.39 is 0 Å². The van der Waals surface area contributed by atoms with Crippen LogP contribution in [0.5, 0.6) is 11.5 Å². The Morgan fingerprint density at radius 1 is 0.957 bits per heavy atom. The molecule has 3 amide bonds. The average Bonchev–Trinajstić information content (AvgIpc) is 2.59. The van der Waals surface area contributed by atoms with Gasteiger partial charge in [-0.1, -0.05) is 6.07 Å². The predicted octanol–water partition coefficient (Wildman–Crippen LogP) is 1.14. The lowest BCUT2D eigenvalue weighted by Gasteiger charge is -2.36. The van der Waals surface area contributed by atoms with Crippen LogP contribution in [0.25, 0.3) is 0 Å². The Hall–Kier alpha value is -2.44. The Labute approximate surface area is 136 Å². The molecule has 1 heterocycles. The number of benzene rings is 1.